The van der Waals surface area contributed by atoms with E-state index in [0.29, 0.717) is 13.0 Å². The van der Waals surface area contributed by atoms with E-state index in [0.717, 1.165) is 19.3 Å². The Balaban J connectivity index is 2.37. The smallest absolute Gasteiger partial charge is 0.220 e. The Bertz CT molecular complexity index is 360. The number of carbonyl (C=O) groups is 1. The molecule has 0 aromatic heterocycles. The van der Waals surface area contributed by atoms with Crippen LogP contribution in [0.5, 0.6) is 0 Å². The van der Waals surface area contributed by atoms with Crippen molar-refractivity contribution < 1.29 is 4.79 Å². The lowest BCUT2D eigenvalue weighted by atomic mass is 9.95. The second-order valence-corrected chi connectivity index (χ2v) is 5.31. The summed E-state index contributed by atoms with van der Waals surface area (Å²) in [6.45, 7) is 4.70. The summed E-state index contributed by atoms with van der Waals surface area (Å²) in [4.78, 5) is 11.7. The SMILES string of the molecule is CC(C)(CCc1ccccc1)NC(=O)CCCN. The number of carbonyl (C=O) groups excluding carboxylic acids is 1. The Morgan fingerprint density at radius 2 is 1.94 bits per heavy atom. The molecule has 0 aliphatic heterocycles. The molecule has 0 atom stereocenters. The number of aryl methyl sites for hydroxylation is 1. The van der Waals surface area contributed by atoms with E-state index in [-0.39, 0.29) is 11.4 Å². The van der Waals surface area contributed by atoms with Crippen molar-refractivity contribution in [1.29, 1.82) is 0 Å². The molecule has 0 aliphatic carbocycles. The number of nitrogens with one attached hydrogen (secondary N) is 1. The van der Waals surface area contributed by atoms with Crippen LogP contribution in [-0.4, -0.2) is 18.0 Å². The van der Waals surface area contributed by atoms with E-state index in [2.05, 4.69) is 31.3 Å². The van der Waals surface area contributed by atoms with Gasteiger partial charge in [0.1, 0.15) is 0 Å². The van der Waals surface area contributed by atoms with Gasteiger partial charge < -0.3 is 11.1 Å². The predicted molar refractivity (Wildman–Crippen MR) is 75.3 cm³/mol. The average molecular weight is 248 g/mol. The maximum absolute atomic E-state index is 11.7. The molecule has 0 saturated heterocycles. The number of rotatable bonds is 7. The monoisotopic (exact) mass is 248 g/mol. The van der Waals surface area contributed by atoms with Crippen molar-refractivity contribution in [3.05, 3.63) is 35.9 Å². The van der Waals surface area contributed by atoms with Crippen molar-refractivity contribution in [2.75, 3.05) is 6.54 Å². The van der Waals surface area contributed by atoms with Crippen LogP contribution in [0.4, 0.5) is 0 Å². The van der Waals surface area contributed by atoms with E-state index in [9.17, 15) is 4.79 Å². The number of nitrogens with two attached hydrogens (primary N) is 1. The summed E-state index contributed by atoms with van der Waals surface area (Å²) in [6.07, 6.45) is 3.18. The van der Waals surface area contributed by atoms with Crippen molar-refractivity contribution in [3.63, 3.8) is 0 Å². The van der Waals surface area contributed by atoms with E-state index in [1.165, 1.54) is 5.56 Å². The van der Waals surface area contributed by atoms with Crippen molar-refractivity contribution >= 4 is 5.91 Å². The Kier molecular flexibility index (Phi) is 5.86. The normalized spacial score (nSPS) is 11.3. The van der Waals surface area contributed by atoms with Gasteiger partial charge in [0.05, 0.1) is 0 Å². The van der Waals surface area contributed by atoms with Gasteiger partial charge in [-0.1, -0.05) is 30.3 Å². The van der Waals surface area contributed by atoms with Gasteiger partial charge in [0, 0.05) is 12.0 Å². The lowest BCUT2D eigenvalue weighted by molar-refractivity contribution is -0.122. The number of amides is 1. The van der Waals surface area contributed by atoms with Crippen LogP contribution in [0.2, 0.25) is 0 Å². The van der Waals surface area contributed by atoms with Crippen molar-refractivity contribution in [1.82, 2.24) is 5.32 Å². The van der Waals surface area contributed by atoms with Gasteiger partial charge in [0.2, 0.25) is 5.91 Å². The van der Waals surface area contributed by atoms with Gasteiger partial charge >= 0.3 is 0 Å². The van der Waals surface area contributed by atoms with E-state index in [4.69, 9.17) is 5.73 Å². The number of hydrogen-bond donors (Lipinski definition) is 2. The maximum Gasteiger partial charge on any atom is 0.220 e. The quantitative estimate of drug-likeness (QED) is 0.777. The Labute approximate surface area is 110 Å². The second-order valence-electron chi connectivity index (χ2n) is 5.31. The van der Waals surface area contributed by atoms with E-state index >= 15 is 0 Å². The molecule has 0 spiro atoms. The molecule has 1 aromatic rings. The third-order valence-electron chi connectivity index (χ3n) is 2.97. The summed E-state index contributed by atoms with van der Waals surface area (Å²) in [5, 5.41) is 3.07. The van der Waals surface area contributed by atoms with Gasteiger partial charge in [-0.25, -0.2) is 0 Å². The average Bonchev–Trinajstić information content (AvgIpc) is 2.35. The van der Waals surface area contributed by atoms with Crippen molar-refractivity contribution in [2.24, 2.45) is 5.73 Å². The molecule has 3 heteroatoms. The molecule has 18 heavy (non-hydrogen) atoms. The first-order chi connectivity index (χ1) is 8.53. The summed E-state index contributed by atoms with van der Waals surface area (Å²) >= 11 is 0. The minimum atomic E-state index is -0.165. The van der Waals surface area contributed by atoms with E-state index in [1.54, 1.807) is 0 Å². The summed E-state index contributed by atoms with van der Waals surface area (Å²) < 4.78 is 0. The standard InChI is InChI=1S/C15H24N2O/c1-15(2,17-14(18)9-6-12-16)11-10-13-7-4-3-5-8-13/h3-5,7-8H,6,9-12,16H2,1-2H3,(H,17,18). The molecule has 0 fully saturated rings. The van der Waals surface area contributed by atoms with Crippen LogP contribution < -0.4 is 11.1 Å². The molecule has 3 N–H and O–H groups in total. The van der Waals surface area contributed by atoms with Gasteiger partial charge in [-0.2, -0.15) is 0 Å². The Morgan fingerprint density at radius 3 is 2.56 bits per heavy atom. The van der Waals surface area contributed by atoms with Crippen molar-refractivity contribution in [3.8, 4) is 0 Å². The Morgan fingerprint density at radius 1 is 1.28 bits per heavy atom. The molecular weight excluding hydrogens is 224 g/mol. The second kappa shape index (κ2) is 7.17. The zero-order valence-electron chi connectivity index (χ0n) is 11.4. The van der Waals surface area contributed by atoms with Gasteiger partial charge in [-0.15, -0.1) is 0 Å². The van der Waals surface area contributed by atoms with Crippen molar-refractivity contribution in [2.45, 2.75) is 45.1 Å². The van der Waals surface area contributed by atoms with Gasteiger partial charge in [-0.05, 0) is 45.2 Å². The van der Waals surface area contributed by atoms with Crippen LogP contribution in [0.1, 0.15) is 38.7 Å². The minimum absolute atomic E-state index is 0.0958. The summed E-state index contributed by atoms with van der Waals surface area (Å²) in [5.74, 6) is 0.0958. The molecule has 0 heterocycles. The minimum Gasteiger partial charge on any atom is -0.351 e. The highest BCUT2D eigenvalue weighted by Crippen LogP contribution is 2.13. The fourth-order valence-electron chi connectivity index (χ4n) is 1.87. The van der Waals surface area contributed by atoms with Crippen LogP contribution in [0, 0.1) is 0 Å². The summed E-state index contributed by atoms with van der Waals surface area (Å²) in [5.41, 5.74) is 6.54. The topological polar surface area (TPSA) is 55.1 Å². The number of hydrogen-bond acceptors (Lipinski definition) is 2. The van der Waals surface area contributed by atoms with E-state index in [1.807, 2.05) is 18.2 Å². The summed E-state index contributed by atoms with van der Waals surface area (Å²) in [6, 6.07) is 10.3. The molecule has 0 bridgehead atoms. The van der Waals surface area contributed by atoms with Crippen LogP contribution in [0.25, 0.3) is 0 Å². The van der Waals surface area contributed by atoms with Gasteiger partial charge in [-0.3, -0.25) is 4.79 Å². The summed E-state index contributed by atoms with van der Waals surface area (Å²) in [7, 11) is 0. The lowest BCUT2D eigenvalue weighted by Gasteiger charge is -2.26. The largest absolute Gasteiger partial charge is 0.351 e. The fourth-order valence-corrected chi connectivity index (χ4v) is 1.87. The molecule has 0 unspecified atom stereocenters. The first-order valence-corrected chi connectivity index (χ1v) is 6.58. The molecule has 0 radical (unpaired) electrons. The third-order valence-corrected chi connectivity index (χ3v) is 2.97. The first kappa shape index (κ1) is 14.7. The Hall–Kier alpha value is -1.35. The highest BCUT2D eigenvalue weighted by molar-refractivity contribution is 5.76. The highest BCUT2D eigenvalue weighted by atomic mass is 16.1. The van der Waals surface area contributed by atoms with Crippen LogP contribution in [0.15, 0.2) is 30.3 Å². The molecular formula is C15H24N2O. The first-order valence-electron chi connectivity index (χ1n) is 6.58. The van der Waals surface area contributed by atoms with Crippen LogP contribution >= 0.6 is 0 Å². The maximum atomic E-state index is 11.7. The predicted octanol–water partition coefficient (Wildman–Crippen LogP) is 2.25. The van der Waals surface area contributed by atoms with Crippen LogP contribution in [-0.2, 0) is 11.2 Å². The third kappa shape index (κ3) is 5.82. The lowest BCUT2D eigenvalue weighted by Crippen LogP contribution is -2.43. The number of benzene rings is 1. The molecule has 1 amide bonds. The molecule has 0 aliphatic rings. The molecule has 100 valence electrons. The fraction of sp³-hybridized carbons (Fsp3) is 0.533. The van der Waals surface area contributed by atoms with Gasteiger partial charge in [0.25, 0.3) is 0 Å². The van der Waals surface area contributed by atoms with Gasteiger partial charge in [0.15, 0.2) is 0 Å². The zero-order valence-corrected chi connectivity index (χ0v) is 11.4. The molecule has 1 rings (SSSR count). The molecule has 3 nitrogen and oxygen atoms in total. The highest BCUT2D eigenvalue weighted by Gasteiger charge is 2.19. The zero-order chi connectivity index (χ0) is 13.4. The van der Waals surface area contributed by atoms with E-state index < -0.39 is 0 Å². The van der Waals surface area contributed by atoms with Crippen LogP contribution in [0.3, 0.4) is 0 Å². The molecule has 1 aromatic carbocycles. The molecule has 0 saturated carbocycles.